The van der Waals surface area contributed by atoms with Gasteiger partial charge in [0, 0.05) is 34.0 Å². The van der Waals surface area contributed by atoms with E-state index in [0.717, 1.165) is 26.9 Å². The van der Waals surface area contributed by atoms with E-state index in [9.17, 15) is 19.2 Å². The number of hydrogen-bond acceptors (Lipinski definition) is 4. The van der Waals surface area contributed by atoms with Crippen molar-refractivity contribution in [2.45, 2.75) is 20.4 Å². The predicted molar refractivity (Wildman–Crippen MR) is 150 cm³/mol. The molecule has 0 aliphatic carbocycles. The number of amides is 5. The van der Waals surface area contributed by atoms with E-state index < -0.39 is 24.4 Å². The van der Waals surface area contributed by atoms with Gasteiger partial charge in [0.15, 0.2) is 0 Å². The fourth-order valence-electron chi connectivity index (χ4n) is 4.45. The van der Waals surface area contributed by atoms with Crippen molar-refractivity contribution < 1.29 is 19.2 Å². The lowest BCUT2D eigenvalue weighted by molar-refractivity contribution is -0.127. The van der Waals surface area contributed by atoms with Crippen molar-refractivity contribution in [2.24, 2.45) is 0 Å². The van der Waals surface area contributed by atoms with Crippen LogP contribution in [0.25, 0.3) is 17.0 Å². The number of carbonyl (C=O) groups is 4. The molecular weight excluding hydrogens is 494 g/mol. The standard InChI is InChI=1S/C30H27N5O4/c1-19-10-12-22(13-11-19)31-27(36)17-34-16-21(24-8-3-4-9-26(24)34)15-25-29(38)35(30(39)33-25)18-28(37)32-23-7-5-6-20(2)14-23/h3-16H,17-18H2,1-2H3,(H,31,36)(H,32,37)(H,33,39)/b25-15+. The third-order valence-electron chi connectivity index (χ3n) is 6.33. The molecule has 2 heterocycles. The van der Waals surface area contributed by atoms with E-state index in [0.29, 0.717) is 16.9 Å². The van der Waals surface area contributed by atoms with Crippen molar-refractivity contribution in [3.8, 4) is 0 Å². The van der Waals surface area contributed by atoms with E-state index in [1.807, 2.05) is 74.5 Å². The van der Waals surface area contributed by atoms with Gasteiger partial charge in [-0.2, -0.15) is 0 Å². The van der Waals surface area contributed by atoms with Gasteiger partial charge in [-0.15, -0.1) is 0 Å². The Labute approximate surface area is 225 Å². The van der Waals surface area contributed by atoms with Crippen LogP contribution in [0.1, 0.15) is 16.7 Å². The van der Waals surface area contributed by atoms with Gasteiger partial charge in [-0.25, -0.2) is 9.69 Å². The fourth-order valence-corrected chi connectivity index (χ4v) is 4.45. The molecule has 4 aromatic rings. The monoisotopic (exact) mass is 521 g/mol. The summed E-state index contributed by atoms with van der Waals surface area (Å²) in [6.45, 7) is 3.52. The second-order valence-electron chi connectivity index (χ2n) is 9.44. The summed E-state index contributed by atoms with van der Waals surface area (Å²) in [6.07, 6.45) is 3.33. The van der Waals surface area contributed by atoms with Crippen molar-refractivity contribution in [3.05, 3.63) is 101 Å². The highest BCUT2D eigenvalue weighted by atomic mass is 16.2. The minimum Gasteiger partial charge on any atom is -0.337 e. The van der Waals surface area contributed by atoms with Crippen LogP contribution in [-0.4, -0.2) is 39.8 Å². The molecule has 0 bridgehead atoms. The number of fused-ring (bicyclic) bond motifs is 1. The first kappa shape index (κ1) is 25.5. The molecule has 1 aliphatic rings. The molecule has 5 amide bonds. The zero-order valence-electron chi connectivity index (χ0n) is 21.5. The number of aromatic nitrogens is 1. The minimum absolute atomic E-state index is 0.0513. The smallest absolute Gasteiger partial charge is 0.329 e. The number of nitrogens with zero attached hydrogens (tertiary/aromatic N) is 2. The van der Waals surface area contributed by atoms with Crippen molar-refractivity contribution in [3.63, 3.8) is 0 Å². The van der Waals surface area contributed by atoms with Gasteiger partial charge in [0.1, 0.15) is 18.8 Å². The molecule has 3 N–H and O–H groups in total. The molecule has 196 valence electrons. The summed E-state index contributed by atoms with van der Waals surface area (Å²) in [5.74, 6) is -1.29. The largest absolute Gasteiger partial charge is 0.337 e. The second-order valence-corrected chi connectivity index (χ2v) is 9.44. The number of urea groups is 1. The van der Waals surface area contributed by atoms with Crippen LogP contribution in [0.4, 0.5) is 16.2 Å². The van der Waals surface area contributed by atoms with E-state index in [2.05, 4.69) is 16.0 Å². The Bertz CT molecular complexity index is 1630. The third kappa shape index (κ3) is 5.72. The molecule has 1 saturated heterocycles. The first-order valence-electron chi connectivity index (χ1n) is 12.4. The molecule has 0 radical (unpaired) electrons. The highest BCUT2D eigenvalue weighted by Gasteiger charge is 2.35. The van der Waals surface area contributed by atoms with Crippen molar-refractivity contribution >= 4 is 52.1 Å². The Morgan fingerprint density at radius 3 is 2.31 bits per heavy atom. The number of anilines is 2. The lowest BCUT2D eigenvalue weighted by atomic mass is 10.1. The number of carbonyl (C=O) groups excluding carboxylic acids is 4. The summed E-state index contributed by atoms with van der Waals surface area (Å²) < 4.78 is 1.79. The number of aryl methyl sites for hydroxylation is 2. The molecule has 9 nitrogen and oxygen atoms in total. The Morgan fingerprint density at radius 2 is 1.54 bits per heavy atom. The quantitative estimate of drug-likeness (QED) is 0.247. The molecular formula is C30H27N5O4. The molecule has 5 rings (SSSR count). The number of imide groups is 1. The Balaban J connectivity index is 1.33. The molecule has 0 saturated carbocycles. The molecule has 1 aromatic heterocycles. The van der Waals surface area contributed by atoms with Crippen LogP contribution in [0.2, 0.25) is 0 Å². The Hall–Kier alpha value is -5.18. The van der Waals surface area contributed by atoms with Crippen LogP contribution in [0.5, 0.6) is 0 Å². The zero-order chi connectivity index (χ0) is 27.5. The maximum atomic E-state index is 13.0. The van der Waals surface area contributed by atoms with Crippen LogP contribution in [0, 0.1) is 13.8 Å². The second kappa shape index (κ2) is 10.7. The van der Waals surface area contributed by atoms with E-state index in [1.54, 1.807) is 29.0 Å². The van der Waals surface area contributed by atoms with E-state index in [-0.39, 0.29) is 18.1 Å². The summed E-state index contributed by atoms with van der Waals surface area (Å²) in [7, 11) is 0. The number of hydrogen-bond donors (Lipinski definition) is 3. The normalized spacial score (nSPS) is 14.1. The topological polar surface area (TPSA) is 113 Å². The van der Waals surface area contributed by atoms with Gasteiger partial charge in [0.2, 0.25) is 11.8 Å². The number of para-hydroxylation sites is 1. The van der Waals surface area contributed by atoms with Crippen LogP contribution in [-0.2, 0) is 20.9 Å². The lowest BCUT2D eigenvalue weighted by Gasteiger charge is -2.12. The van der Waals surface area contributed by atoms with Gasteiger partial charge < -0.3 is 20.5 Å². The molecule has 9 heteroatoms. The van der Waals surface area contributed by atoms with Crippen LogP contribution < -0.4 is 16.0 Å². The average Bonchev–Trinajstić information content (AvgIpc) is 3.37. The third-order valence-corrected chi connectivity index (χ3v) is 6.33. The summed E-state index contributed by atoms with van der Waals surface area (Å²) in [5.41, 5.74) is 4.87. The van der Waals surface area contributed by atoms with Gasteiger partial charge in [0.25, 0.3) is 5.91 Å². The predicted octanol–water partition coefficient (Wildman–Crippen LogP) is 4.43. The molecule has 39 heavy (non-hydrogen) atoms. The zero-order valence-corrected chi connectivity index (χ0v) is 21.5. The van der Waals surface area contributed by atoms with Gasteiger partial charge in [-0.1, -0.05) is 48.0 Å². The summed E-state index contributed by atoms with van der Waals surface area (Å²) >= 11 is 0. The SMILES string of the molecule is Cc1ccc(NC(=O)Cn2cc(/C=C3/NC(=O)N(CC(=O)Nc4cccc(C)c4)C3=O)c3ccccc32)cc1. The van der Waals surface area contributed by atoms with Crippen LogP contribution >= 0.6 is 0 Å². The van der Waals surface area contributed by atoms with Crippen molar-refractivity contribution in [2.75, 3.05) is 17.2 Å². The van der Waals surface area contributed by atoms with Crippen LogP contribution in [0.3, 0.4) is 0 Å². The van der Waals surface area contributed by atoms with Crippen molar-refractivity contribution in [1.29, 1.82) is 0 Å². The first-order valence-corrected chi connectivity index (χ1v) is 12.4. The average molecular weight is 522 g/mol. The van der Waals surface area contributed by atoms with Gasteiger partial charge >= 0.3 is 6.03 Å². The lowest BCUT2D eigenvalue weighted by Crippen LogP contribution is -2.38. The highest BCUT2D eigenvalue weighted by molar-refractivity contribution is 6.16. The van der Waals surface area contributed by atoms with Gasteiger partial charge in [-0.3, -0.25) is 14.4 Å². The fraction of sp³-hybridized carbons (Fsp3) is 0.133. The minimum atomic E-state index is -0.674. The molecule has 0 unspecified atom stereocenters. The molecule has 0 atom stereocenters. The molecule has 0 spiro atoms. The van der Waals surface area contributed by atoms with Gasteiger partial charge in [-0.05, 0) is 55.8 Å². The maximum Gasteiger partial charge on any atom is 0.329 e. The summed E-state index contributed by atoms with van der Waals surface area (Å²) in [4.78, 5) is 51.7. The highest BCUT2D eigenvalue weighted by Crippen LogP contribution is 2.25. The summed E-state index contributed by atoms with van der Waals surface area (Å²) in [6, 6.07) is 21.6. The maximum absolute atomic E-state index is 13.0. The first-order chi connectivity index (χ1) is 18.8. The Kier molecular flexibility index (Phi) is 6.96. The van der Waals surface area contributed by atoms with E-state index in [1.165, 1.54) is 0 Å². The Morgan fingerprint density at radius 1 is 0.821 bits per heavy atom. The molecule has 1 fully saturated rings. The summed E-state index contributed by atoms with van der Waals surface area (Å²) in [5, 5.41) is 8.97. The van der Waals surface area contributed by atoms with Crippen LogP contribution in [0.15, 0.2) is 84.7 Å². The molecule has 3 aromatic carbocycles. The number of nitrogens with one attached hydrogen (secondary N) is 3. The number of benzene rings is 3. The van der Waals surface area contributed by atoms with Crippen molar-refractivity contribution in [1.82, 2.24) is 14.8 Å². The number of rotatable bonds is 7. The molecule has 1 aliphatic heterocycles. The van der Waals surface area contributed by atoms with Gasteiger partial charge in [0.05, 0.1) is 0 Å². The van der Waals surface area contributed by atoms with E-state index >= 15 is 0 Å². The van der Waals surface area contributed by atoms with E-state index in [4.69, 9.17) is 0 Å².